The van der Waals surface area contributed by atoms with Crippen LogP contribution in [0.15, 0.2) is 59.5 Å². The van der Waals surface area contributed by atoms with E-state index in [-0.39, 0.29) is 26.9 Å². The van der Waals surface area contributed by atoms with Gasteiger partial charge in [0.2, 0.25) is 0 Å². The molecule has 162 valence electrons. The van der Waals surface area contributed by atoms with Crippen molar-refractivity contribution in [2.24, 2.45) is 0 Å². The molecule has 0 aliphatic heterocycles. The maximum Gasteiger partial charge on any atom is 0.265 e. The molecule has 0 atom stereocenters. The highest BCUT2D eigenvalue weighted by Crippen LogP contribution is 2.31. The van der Waals surface area contributed by atoms with Crippen LogP contribution < -0.4 is 14.8 Å². The van der Waals surface area contributed by atoms with E-state index in [1.54, 1.807) is 12.1 Å². The molecule has 0 fully saturated rings. The number of carbonyl (C=O) groups excluding carboxylic acids is 1. The Kier molecular flexibility index (Phi) is 6.79. The topological polar surface area (TPSA) is 84.5 Å². The number of aryl methyl sites for hydroxylation is 1. The highest BCUT2D eigenvalue weighted by molar-refractivity contribution is 7.92. The van der Waals surface area contributed by atoms with Gasteiger partial charge >= 0.3 is 0 Å². The van der Waals surface area contributed by atoms with Gasteiger partial charge in [-0.25, -0.2) is 8.42 Å². The molecule has 0 radical (unpaired) electrons. The van der Waals surface area contributed by atoms with Gasteiger partial charge in [-0.05, 0) is 67.4 Å². The number of anilines is 2. The third-order valence-electron chi connectivity index (χ3n) is 4.74. The van der Waals surface area contributed by atoms with E-state index < -0.39 is 15.9 Å². The van der Waals surface area contributed by atoms with Crippen LogP contribution in [0.2, 0.25) is 10.0 Å². The van der Waals surface area contributed by atoms with E-state index in [4.69, 9.17) is 27.9 Å². The summed E-state index contributed by atoms with van der Waals surface area (Å²) in [6.07, 6.45) is 0. The summed E-state index contributed by atoms with van der Waals surface area (Å²) in [4.78, 5) is 12.6. The zero-order valence-electron chi connectivity index (χ0n) is 17.0. The smallest absolute Gasteiger partial charge is 0.265 e. The van der Waals surface area contributed by atoms with Crippen LogP contribution in [0, 0.1) is 13.8 Å². The van der Waals surface area contributed by atoms with Gasteiger partial charge in [-0.15, -0.1) is 0 Å². The number of methoxy groups -OCH3 is 1. The zero-order chi connectivity index (χ0) is 22.8. The molecule has 0 saturated carbocycles. The van der Waals surface area contributed by atoms with Gasteiger partial charge in [0.1, 0.15) is 10.6 Å². The monoisotopic (exact) mass is 478 g/mol. The fourth-order valence-corrected chi connectivity index (χ4v) is 4.54. The lowest BCUT2D eigenvalue weighted by Crippen LogP contribution is -2.17. The summed E-state index contributed by atoms with van der Waals surface area (Å²) >= 11 is 12.0. The van der Waals surface area contributed by atoms with Crippen molar-refractivity contribution in [3.8, 4) is 5.75 Å². The van der Waals surface area contributed by atoms with Crippen LogP contribution in [0.25, 0.3) is 0 Å². The molecule has 0 bridgehead atoms. The number of hydrogen-bond donors (Lipinski definition) is 2. The van der Waals surface area contributed by atoms with Crippen LogP contribution in [0.5, 0.6) is 5.75 Å². The first kappa shape index (κ1) is 22.9. The minimum Gasteiger partial charge on any atom is -0.495 e. The van der Waals surface area contributed by atoms with Crippen molar-refractivity contribution in [2.75, 3.05) is 17.1 Å². The average molecular weight is 479 g/mol. The average Bonchev–Trinajstić information content (AvgIpc) is 2.73. The Balaban J connectivity index is 1.97. The summed E-state index contributed by atoms with van der Waals surface area (Å²) in [6.45, 7) is 3.84. The van der Waals surface area contributed by atoms with Crippen molar-refractivity contribution in [2.45, 2.75) is 18.7 Å². The molecule has 3 rings (SSSR count). The van der Waals surface area contributed by atoms with Gasteiger partial charge in [0, 0.05) is 16.3 Å². The lowest BCUT2D eigenvalue weighted by molar-refractivity contribution is 0.102. The molecule has 9 heteroatoms. The van der Waals surface area contributed by atoms with Gasteiger partial charge in [-0.2, -0.15) is 0 Å². The van der Waals surface area contributed by atoms with E-state index in [2.05, 4.69) is 10.0 Å². The largest absolute Gasteiger partial charge is 0.495 e. The predicted octanol–water partition coefficient (Wildman–Crippen LogP) is 5.67. The Labute approximate surface area is 191 Å². The number of benzene rings is 3. The number of nitrogens with one attached hydrogen (secondary N) is 2. The number of ether oxygens (including phenoxy) is 1. The van der Waals surface area contributed by atoms with Gasteiger partial charge in [-0.3, -0.25) is 9.52 Å². The number of halogens is 2. The van der Waals surface area contributed by atoms with Crippen LogP contribution >= 0.6 is 23.2 Å². The summed E-state index contributed by atoms with van der Waals surface area (Å²) in [5.74, 6) is -0.373. The molecule has 0 saturated heterocycles. The number of sulfonamides is 1. The summed E-state index contributed by atoms with van der Waals surface area (Å²) in [6, 6.07) is 14.1. The summed E-state index contributed by atoms with van der Waals surface area (Å²) in [7, 11) is -2.79. The van der Waals surface area contributed by atoms with E-state index in [0.717, 1.165) is 11.1 Å². The highest BCUT2D eigenvalue weighted by Gasteiger charge is 2.23. The quantitative estimate of drug-likeness (QED) is 0.477. The molecular weight excluding hydrogens is 459 g/mol. The second-order valence-corrected chi connectivity index (χ2v) is 9.29. The van der Waals surface area contributed by atoms with E-state index in [1.807, 2.05) is 26.0 Å². The van der Waals surface area contributed by atoms with Gasteiger partial charge < -0.3 is 10.1 Å². The van der Waals surface area contributed by atoms with Crippen LogP contribution in [0.3, 0.4) is 0 Å². The molecule has 0 spiro atoms. The first-order chi connectivity index (χ1) is 14.6. The molecule has 0 aliphatic rings. The molecular formula is C22H20Cl2N2O4S. The third-order valence-corrected chi connectivity index (χ3v) is 6.69. The Morgan fingerprint density at radius 3 is 2.42 bits per heavy atom. The summed E-state index contributed by atoms with van der Waals surface area (Å²) in [5, 5.41) is 3.31. The second kappa shape index (κ2) is 9.18. The molecule has 6 nitrogen and oxygen atoms in total. The van der Waals surface area contributed by atoms with Crippen molar-refractivity contribution in [1.82, 2.24) is 0 Å². The number of amides is 1. The van der Waals surface area contributed by atoms with Crippen molar-refractivity contribution in [3.63, 3.8) is 0 Å². The molecule has 1 amide bonds. The third kappa shape index (κ3) is 5.12. The van der Waals surface area contributed by atoms with Gasteiger partial charge in [0.25, 0.3) is 15.9 Å². The van der Waals surface area contributed by atoms with E-state index in [0.29, 0.717) is 10.7 Å². The second-order valence-electron chi connectivity index (χ2n) is 6.80. The Hall–Kier alpha value is -2.74. The molecule has 31 heavy (non-hydrogen) atoms. The molecule has 0 unspecified atom stereocenters. The molecule has 2 N–H and O–H groups in total. The van der Waals surface area contributed by atoms with Crippen LogP contribution in [-0.4, -0.2) is 21.4 Å². The minimum absolute atomic E-state index is 0.0777. The maximum absolute atomic E-state index is 13.1. The molecule has 0 heterocycles. The highest BCUT2D eigenvalue weighted by atomic mass is 35.5. The Bertz CT molecular complexity index is 1260. The molecule has 0 aromatic heterocycles. The Morgan fingerprint density at radius 1 is 0.968 bits per heavy atom. The lowest BCUT2D eigenvalue weighted by atomic mass is 10.1. The van der Waals surface area contributed by atoms with Crippen molar-refractivity contribution in [1.29, 1.82) is 0 Å². The van der Waals surface area contributed by atoms with E-state index in [9.17, 15) is 13.2 Å². The zero-order valence-corrected chi connectivity index (χ0v) is 19.3. The molecule has 3 aromatic rings. The standard InChI is InChI=1S/C22H20Cl2N2O4S/c1-13-5-4-6-18(14(13)2)25-22(27)15-7-10-20(30-3)21(11-15)31(28,29)26-19-12-16(23)8-9-17(19)24/h4-12,26H,1-3H3,(H,25,27). The normalized spacial score (nSPS) is 11.1. The van der Waals surface area contributed by atoms with Crippen molar-refractivity contribution in [3.05, 3.63) is 81.3 Å². The van der Waals surface area contributed by atoms with Crippen molar-refractivity contribution < 1.29 is 17.9 Å². The number of rotatable bonds is 6. The fraction of sp³-hybridized carbons (Fsp3) is 0.136. The van der Waals surface area contributed by atoms with Crippen LogP contribution in [0.1, 0.15) is 21.5 Å². The van der Waals surface area contributed by atoms with Gasteiger partial charge in [-0.1, -0.05) is 35.3 Å². The first-order valence-corrected chi connectivity index (χ1v) is 11.4. The van der Waals surface area contributed by atoms with Crippen LogP contribution in [0.4, 0.5) is 11.4 Å². The number of carbonyl (C=O) groups is 1. The van der Waals surface area contributed by atoms with Crippen molar-refractivity contribution >= 4 is 50.5 Å². The van der Waals surface area contributed by atoms with E-state index >= 15 is 0 Å². The van der Waals surface area contributed by atoms with E-state index in [1.165, 1.54) is 37.4 Å². The Morgan fingerprint density at radius 2 is 1.71 bits per heavy atom. The van der Waals surface area contributed by atoms with Crippen LogP contribution in [-0.2, 0) is 10.0 Å². The summed E-state index contributed by atoms with van der Waals surface area (Å²) < 4.78 is 33.7. The molecule has 0 aliphatic carbocycles. The maximum atomic E-state index is 13.1. The fourth-order valence-electron chi connectivity index (χ4n) is 2.88. The van der Waals surface area contributed by atoms with Gasteiger partial charge in [0.05, 0.1) is 17.8 Å². The summed E-state index contributed by atoms with van der Waals surface area (Å²) in [5.41, 5.74) is 2.86. The first-order valence-electron chi connectivity index (χ1n) is 9.16. The van der Waals surface area contributed by atoms with Gasteiger partial charge in [0.15, 0.2) is 0 Å². The lowest BCUT2D eigenvalue weighted by Gasteiger charge is -2.15. The SMILES string of the molecule is COc1ccc(C(=O)Nc2cccc(C)c2C)cc1S(=O)(=O)Nc1cc(Cl)ccc1Cl. The number of hydrogen-bond acceptors (Lipinski definition) is 4. The molecule has 3 aromatic carbocycles. The predicted molar refractivity (Wildman–Crippen MR) is 124 cm³/mol. The minimum atomic E-state index is -4.14.